The summed E-state index contributed by atoms with van der Waals surface area (Å²) in [5.41, 5.74) is 7.78. The van der Waals surface area contributed by atoms with Crippen LogP contribution in [0.5, 0.6) is 0 Å². The van der Waals surface area contributed by atoms with Gasteiger partial charge >= 0.3 is 0 Å². The number of aromatic nitrogens is 1. The molecule has 0 bridgehead atoms. The van der Waals surface area contributed by atoms with Gasteiger partial charge in [-0.3, -0.25) is 19.7 Å². The van der Waals surface area contributed by atoms with E-state index in [4.69, 9.17) is 10.7 Å². The van der Waals surface area contributed by atoms with Gasteiger partial charge in [-0.05, 0) is 66.1 Å². The lowest BCUT2D eigenvalue weighted by atomic mass is 9.99. The summed E-state index contributed by atoms with van der Waals surface area (Å²) in [6.45, 7) is 2.51. The van der Waals surface area contributed by atoms with E-state index < -0.39 is 31.4 Å². The molecule has 1 unspecified atom stereocenters. The first-order chi connectivity index (χ1) is 23.5. The molecule has 254 valence electrons. The fourth-order valence-electron chi connectivity index (χ4n) is 5.21. The Morgan fingerprint density at radius 2 is 1.73 bits per heavy atom. The Labute approximate surface area is 292 Å². The lowest BCUT2D eigenvalue weighted by Crippen LogP contribution is -2.30. The number of fused-ring (bicyclic) bond motifs is 1. The summed E-state index contributed by atoms with van der Waals surface area (Å²) >= 11 is 3.13. The number of carbonyl (C=O) groups is 2. The lowest BCUT2D eigenvalue weighted by Gasteiger charge is -2.11. The Bertz CT molecular complexity index is 2070. The number of carbonyl (C=O) groups excluding carboxylic acids is 2. The minimum absolute atomic E-state index is 0.0255. The standard InChI is InChI=1S/C35H35N5O6S3/c1-2-3-7-26(21-33(36)41)35-38-30-20-25(14-17-32(30)48-35)23-10-12-24(13-11-23)34(42)39-49(45,46)28-15-16-29(31(22-28)40(43)44)37-18-19-47-27-8-5-4-6-9-27/h4-6,8-17,20,22,26,37H,2-3,7,18-19,21H2,1H3,(H2,36,41)(H,39,42). The smallest absolute Gasteiger partial charge is 0.293 e. The monoisotopic (exact) mass is 717 g/mol. The highest BCUT2D eigenvalue weighted by molar-refractivity contribution is 7.99. The third-order valence-electron chi connectivity index (χ3n) is 7.72. The Hall–Kier alpha value is -4.79. The zero-order chi connectivity index (χ0) is 35.0. The van der Waals surface area contributed by atoms with Crippen molar-refractivity contribution in [3.05, 3.63) is 112 Å². The number of hydrogen-bond donors (Lipinski definition) is 3. The van der Waals surface area contributed by atoms with E-state index in [1.807, 2.05) is 53.3 Å². The van der Waals surface area contributed by atoms with Gasteiger partial charge in [0.15, 0.2) is 0 Å². The molecule has 2 amide bonds. The zero-order valence-corrected chi connectivity index (χ0v) is 29.1. The Morgan fingerprint density at radius 3 is 2.43 bits per heavy atom. The van der Waals surface area contributed by atoms with E-state index in [1.165, 1.54) is 24.3 Å². The second-order valence-corrected chi connectivity index (χ2v) is 15.2. The topological polar surface area (TPSA) is 174 Å². The van der Waals surface area contributed by atoms with Crippen LogP contribution < -0.4 is 15.8 Å². The molecule has 49 heavy (non-hydrogen) atoms. The molecule has 11 nitrogen and oxygen atoms in total. The molecular formula is C35H35N5O6S3. The van der Waals surface area contributed by atoms with Gasteiger partial charge in [0.2, 0.25) is 5.91 Å². The maximum atomic E-state index is 13.1. The van der Waals surface area contributed by atoms with Crippen LogP contribution in [-0.4, -0.2) is 42.4 Å². The number of nitrogens with zero attached hydrogens (tertiary/aromatic N) is 2. The van der Waals surface area contributed by atoms with Crippen LogP contribution in [-0.2, 0) is 14.8 Å². The van der Waals surface area contributed by atoms with Crippen LogP contribution in [0.3, 0.4) is 0 Å². The Balaban J connectivity index is 1.25. The number of benzene rings is 4. The maximum absolute atomic E-state index is 13.1. The van der Waals surface area contributed by atoms with E-state index in [0.29, 0.717) is 12.3 Å². The Morgan fingerprint density at radius 1 is 1.00 bits per heavy atom. The van der Waals surface area contributed by atoms with Crippen LogP contribution in [0.4, 0.5) is 11.4 Å². The molecule has 0 saturated heterocycles. The van der Waals surface area contributed by atoms with Crippen molar-refractivity contribution in [1.29, 1.82) is 0 Å². The predicted molar refractivity (Wildman–Crippen MR) is 195 cm³/mol. The average molecular weight is 718 g/mol. The van der Waals surface area contributed by atoms with Crippen molar-refractivity contribution in [2.24, 2.45) is 5.73 Å². The van der Waals surface area contributed by atoms with Crippen molar-refractivity contribution in [1.82, 2.24) is 9.71 Å². The summed E-state index contributed by atoms with van der Waals surface area (Å²) in [6, 6.07) is 25.4. The molecular weight excluding hydrogens is 683 g/mol. The number of nitro groups is 1. The third kappa shape index (κ3) is 9.22. The fourth-order valence-corrected chi connectivity index (χ4v) is 8.08. The molecule has 5 rings (SSSR count). The highest BCUT2D eigenvalue weighted by Gasteiger charge is 2.24. The van der Waals surface area contributed by atoms with Gasteiger partial charge in [0.05, 0.1) is 25.0 Å². The molecule has 14 heteroatoms. The molecule has 1 aromatic heterocycles. The van der Waals surface area contributed by atoms with Crippen molar-refractivity contribution in [2.45, 2.75) is 48.3 Å². The summed E-state index contributed by atoms with van der Waals surface area (Å²) in [5, 5.41) is 15.7. The van der Waals surface area contributed by atoms with E-state index in [9.17, 15) is 28.1 Å². The minimum Gasteiger partial charge on any atom is -0.379 e. The van der Waals surface area contributed by atoms with Gasteiger partial charge in [-0.1, -0.05) is 56.2 Å². The molecule has 0 spiro atoms. The number of nitrogens with two attached hydrogens (primary N) is 1. The van der Waals surface area contributed by atoms with Gasteiger partial charge < -0.3 is 11.1 Å². The number of amides is 2. The third-order valence-corrected chi connectivity index (χ3v) is 11.3. The van der Waals surface area contributed by atoms with Gasteiger partial charge in [-0.15, -0.1) is 23.1 Å². The highest BCUT2D eigenvalue weighted by atomic mass is 32.2. The van der Waals surface area contributed by atoms with E-state index in [2.05, 4.69) is 12.2 Å². The van der Waals surface area contributed by atoms with Crippen LogP contribution in [0, 0.1) is 10.1 Å². The van der Waals surface area contributed by atoms with Gasteiger partial charge in [-0.25, -0.2) is 18.1 Å². The van der Waals surface area contributed by atoms with Gasteiger partial charge in [0, 0.05) is 41.2 Å². The molecule has 4 aromatic carbocycles. The minimum atomic E-state index is -4.42. The van der Waals surface area contributed by atoms with Crippen LogP contribution in [0.15, 0.2) is 101 Å². The molecule has 1 heterocycles. The summed E-state index contributed by atoms with van der Waals surface area (Å²) in [4.78, 5) is 41.2. The number of thiazole rings is 1. The van der Waals surface area contributed by atoms with E-state index in [-0.39, 0.29) is 29.5 Å². The summed E-state index contributed by atoms with van der Waals surface area (Å²) in [5.74, 6) is -0.618. The number of thioether (sulfide) groups is 1. The van der Waals surface area contributed by atoms with Crippen molar-refractivity contribution in [3.63, 3.8) is 0 Å². The molecule has 5 aromatic rings. The molecule has 0 aliphatic rings. The SMILES string of the molecule is CCCCC(CC(N)=O)c1nc2cc(-c3ccc(C(=O)NS(=O)(=O)c4ccc(NCCSc5ccccc5)c([N+](=O)[O-])c4)cc3)ccc2s1. The van der Waals surface area contributed by atoms with E-state index in [0.717, 1.165) is 56.6 Å². The molecule has 0 aliphatic heterocycles. The quantitative estimate of drug-likeness (QED) is 0.0408. The number of unbranched alkanes of at least 4 members (excludes halogenated alkanes) is 1. The first-order valence-corrected chi connectivity index (χ1v) is 18.9. The Kier molecular flexibility index (Phi) is 11.6. The van der Waals surface area contributed by atoms with Gasteiger partial charge in [0.1, 0.15) is 5.69 Å². The van der Waals surface area contributed by atoms with Crippen LogP contribution in [0.25, 0.3) is 21.3 Å². The molecule has 0 fully saturated rings. The maximum Gasteiger partial charge on any atom is 0.293 e. The zero-order valence-electron chi connectivity index (χ0n) is 26.6. The van der Waals surface area contributed by atoms with Gasteiger partial charge in [-0.2, -0.15) is 0 Å². The normalized spacial score (nSPS) is 12.0. The number of nitro benzene ring substituents is 1. The number of rotatable bonds is 16. The molecule has 1 atom stereocenters. The largest absolute Gasteiger partial charge is 0.379 e. The molecule has 0 aliphatic carbocycles. The molecule has 0 radical (unpaired) electrons. The summed E-state index contributed by atoms with van der Waals surface area (Å²) in [6.07, 6.45) is 3.06. The lowest BCUT2D eigenvalue weighted by molar-refractivity contribution is -0.384. The second-order valence-electron chi connectivity index (χ2n) is 11.3. The number of anilines is 1. The number of primary amides is 1. The second kappa shape index (κ2) is 16.1. The van der Waals surface area contributed by atoms with E-state index >= 15 is 0 Å². The number of hydrogen-bond acceptors (Lipinski definition) is 10. The van der Waals surface area contributed by atoms with Crippen LogP contribution in [0.2, 0.25) is 0 Å². The van der Waals surface area contributed by atoms with Crippen molar-refractivity contribution >= 4 is 66.5 Å². The highest BCUT2D eigenvalue weighted by Crippen LogP contribution is 2.35. The van der Waals surface area contributed by atoms with Crippen LogP contribution >= 0.6 is 23.1 Å². The number of sulfonamides is 1. The van der Waals surface area contributed by atoms with E-state index in [1.54, 1.807) is 35.2 Å². The van der Waals surface area contributed by atoms with Crippen molar-refractivity contribution < 1.29 is 22.9 Å². The molecule has 0 saturated carbocycles. The first-order valence-electron chi connectivity index (χ1n) is 15.6. The fraction of sp³-hybridized carbons (Fsp3) is 0.229. The predicted octanol–water partition coefficient (Wildman–Crippen LogP) is 7.34. The molecule has 4 N–H and O–H groups in total. The number of nitrogens with one attached hydrogen (secondary N) is 2. The van der Waals surface area contributed by atoms with Crippen LogP contribution in [0.1, 0.15) is 53.9 Å². The first kappa shape index (κ1) is 35.5. The average Bonchev–Trinajstić information content (AvgIpc) is 3.52. The van der Waals surface area contributed by atoms with Crippen molar-refractivity contribution in [2.75, 3.05) is 17.6 Å². The summed E-state index contributed by atoms with van der Waals surface area (Å²) < 4.78 is 29.2. The van der Waals surface area contributed by atoms with Gasteiger partial charge in [0.25, 0.3) is 21.6 Å². The van der Waals surface area contributed by atoms with Crippen molar-refractivity contribution in [3.8, 4) is 11.1 Å². The summed E-state index contributed by atoms with van der Waals surface area (Å²) in [7, 11) is -4.42.